The van der Waals surface area contributed by atoms with Gasteiger partial charge < -0.3 is 18.6 Å². The summed E-state index contributed by atoms with van der Waals surface area (Å²) in [6, 6.07) is 4.18. The number of likely N-dealkylation sites (tertiary alicyclic amines) is 1. The van der Waals surface area contributed by atoms with Gasteiger partial charge in [-0.25, -0.2) is 4.79 Å². The molecule has 0 spiro atoms. The van der Waals surface area contributed by atoms with Gasteiger partial charge in [-0.15, -0.1) is 0 Å². The van der Waals surface area contributed by atoms with Gasteiger partial charge in [0.15, 0.2) is 5.58 Å². The lowest BCUT2D eigenvalue weighted by Crippen LogP contribution is -2.44. The summed E-state index contributed by atoms with van der Waals surface area (Å²) in [5, 5.41) is 5.63. The third kappa shape index (κ3) is 6.69. The number of aromatic nitrogens is 1. The van der Waals surface area contributed by atoms with E-state index in [2.05, 4.69) is 57.2 Å². The topological polar surface area (TPSA) is 64.8 Å². The third-order valence-electron chi connectivity index (χ3n) is 7.27. The maximum Gasteiger partial charge on any atom is 0.410 e. The summed E-state index contributed by atoms with van der Waals surface area (Å²) in [5.74, 6) is 1.44. The second-order valence-electron chi connectivity index (χ2n) is 12.3. The minimum Gasteiger partial charge on any atom is -0.543 e. The smallest absolute Gasteiger partial charge is 0.410 e. The predicted molar refractivity (Wildman–Crippen MR) is 145 cm³/mol. The molecule has 0 radical (unpaired) electrons. The number of carbonyl (C=O) groups is 1. The number of rotatable bonds is 6. The zero-order valence-corrected chi connectivity index (χ0v) is 24.2. The molecule has 2 aromatic rings. The van der Waals surface area contributed by atoms with Crippen LogP contribution in [0.15, 0.2) is 22.7 Å². The van der Waals surface area contributed by atoms with Crippen molar-refractivity contribution >= 4 is 31.5 Å². The highest BCUT2D eigenvalue weighted by molar-refractivity contribution is 6.74. The zero-order valence-electron chi connectivity index (χ0n) is 23.2. The van der Waals surface area contributed by atoms with Gasteiger partial charge in [0.25, 0.3) is 8.32 Å². The van der Waals surface area contributed by atoms with Gasteiger partial charge in [0, 0.05) is 18.5 Å². The van der Waals surface area contributed by atoms with Crippen LogP contribution in [-0.4, -0.2) is 43.2 Å². The minimum atomic E-state index is -1.98. The maximum absolute atomic E-state index is 12.3. The first kappa shape index (κ1) is 27.3. The molecule has 1 aromatic heterocycles. The lowest BCUT2D eigenvalue weighted by Gasteiger charge is -2.36. The number of fused-ring (bicyclic) bond motifs is 1. The van der Waals surface area contributed by atoms with Crippen molar-refractivity contribution in [2.24, 2.45) is 5.92 Å². The molecule has 0 N–H and O–H groups in total. The zero-order chi connectivity index (χ0) is 26.0. The number of piperidine rings is 1. The molecule has 6 nitrogen and oxygen atoms in total. The van der Waals surface area contributed by atoms with Crippen molar-refractivity contribution in [2.75, 3.05) is 13.1 Å². The lowest BCUT2D eigenvalue weighted by molar-refractivity contribution is 0.0181. The van der Waals surface area contributed by atoms with Crippen molar-refractivity contribution in [3.63, 3.8) is 0 Å². The molecule has 0 unspecified atom stereocenters. The summed E-state index contributed by atoms with van der Waals surface area (Å²) in [6.45, 7) is 20.5. The maximum atomic E-state index is 12.3. The van der Waals surface area contributed by atoms with Crippen molar-refractivity contribution in [1.82, 2.24) is 10.1 Å². The van der Waals surface area contributed by atoms with Gasteiger partial charge in [0.2, 0.25) is 0 Å². The van der Waals surface area contributed by atoms with Crippen molar-refractivity contribution in [2.45, 2.75) is 97.9 Å². The molecule has 0 saturated carbocycles. The van der Waals surface area contributed by atoms with E-state index in [9.17, 15) is 4.79 Å². The number of hydrogen-bond donors (Lipinski definition) is 0. The molecular weight excluding hydrogens is 456 g/mol. The SMILES string of the molecule is CC=Cc1c(O[Si](C)(C)C(C)(C)C)ccc2c(CCC3CCN(C(=O)OC(C)(C)C)CC3)noc12. The third-order valence-corrected chi connectivity index (χ3v) is 11.6. The predicted octanol–water partition coefficient (Wildman–Crippen LogP) is 7.82. The fourth-order valence-electron chi connectivity index (χ4n) is 4.15. The minimum absolute atomic E-state index is 0.112. The van der Waals surface area contributed by atoms with Crippen molar-refractivity contribution in [1.29, 1.82) is 0 Å². The van der Waals surface area contributed by atoms with Crippen LogP contribution in [0.4, 0.5) is 4.79 Å². The number of ether oxygens (including phenoxy) is 1. The van der Waals surface area contributed by atoms with Crippen LogP contribution in [-0.2, 0) is 11.2 Å². The Balaban J connectivity index is 1.68. The summed E-state index contributed by atoms with van der Waals surface area (Å²) in [5.41, 5.74) is 2.32. The highest BCUT2D eigenvalue weighted by Crippen LogP contribution is 2.40. The fraction of sp³-hybridized carbons (Fsp3) is 0.643. The van der Waals surface area contributed by atoms with E-state index in [4.69, 9.17) is 13.7 Å². The number of carbonyl (C=O) groups excluding carboxylic acids is 1. The Morgan fingerprint density at radius 1 is 1.17 bits per heavy atom. The van der Waals surface area contributed by atoms with Crippen molar-refractivity contribution < 1.29 is 18.5 Å². The molecule has 1 amide bonds. The van der Waals surface area contributed by atoms with E-state index in [1.807, 2.05) is 38.7 Å². The normalized spacial score (nSPS) is 16.3. The summed E-state index contributed by atoms with van der Waals surface area (Å²) in [6.07, 6.45) is 7.75. The Morgan fingerprint density at radius 3 is 2.40 bits per heavy atom. The molecule has 2 heterocycles. The van der Waals surface area contributed by atoms with Gasteiger partial charge in [-0.05, 0) is 89.6 Å². The first-order valence-corrected chi connectivity index (χ1v) is 15.8. The summed E-state index contributed by atoms with van der Waals surface area (Å²) < 4.78 is 18.0. The Kier molecular flexibility index (Phi) is 8.09. The monoisotopic (exact) mass is 500 g/mol. The Morgan fingerprint density at radius 2 is 1.83 bits per heavy atom. The standard InChI is InChI=1S/C28H44N2O4Si/c1-10-11-22-24(34-35(8,9)28(5,6)7)15-13-21-23(29-33-25(21)22)14-12-20-16-18-30(19-17-20)26(31)32-27(2,3)4/h10-11,13,15,20H,12,14,16-19H2,1-9H3. The molecule has 1 aliphatic heterocycles. The molecule has 0 aliphatic carbocycles. The van der Waals surface area contributed by atoms with Gasteiger partial charge in [0.05, 0.1) is 11.3 Å². The van der Waals surface area contributed by atoms with Crippen LogP contribution in [0.1, 0.15) is 79.0 Å². The van der Waals surface area contributed by atoms with Crippen LogP contribution in [0.5, 0.6) is 5.75 Å². The van der Waals surface area contributed by atoms with E-state index in [1.54, 1.807) is 0 Å². The molecule has 1 fully saturated rings. The first-order valence-electron chi connectivity index (χ1n) is 12.9. The van der Waals surface area contributed by atoms with Crippen LogP contribution in [0, 0.1) is 5.92 Å². The Labute approximate surface area is 212 Å². The highest BCUT2D eigenvalue weighted by atomic mass is 28.4. The highest BCUT2D eigenvalue weighted by Gasteiger charge is 2.39. The summed E-state index contributed by atoms with van der Waals surface area (Å²) in [7, 11) is -1.98. The van der Waals surface area contributed by atoms with Crippen LogP contribution < -0.4 is 4.43 Å². The van der Waals surface area contributed by atoms with E-state index >= 15 is 0 Å². The molecule has 7 heteroatoms. The number of aryl methyl sites for hydroxylation is 1. The van der Waals surface area contributed by atoms with E-state index < -0.39 is 13.9 Å². The van der Waals surface area contributed by atoms with Crippen LogP contribution in [0.25, 0.3) is 17.0 Å². The Hall–Kier alpha value is -2.28. The van der Waals surface area contributed by atoms with Gasteiger partial charge in [-0.1, -0.05) is 38.1 Å². The molecule has 194 valence electrons. The number of benzene rings is 1. The van der Waals surface area contributed by atoms with E-state index in [-0.39, 0.29) is 11.1 Å². The molecular formula is C28H44N2O4Si. The number of amides is 1. The number of nitrogens with zero attached hydrogens (tertiary/aromatic N) is 2. The van der Waals surface area contributed by atoms with E-state index in [0.717, 1.165) is 66.7 Å². The molecule has 3 rings (SSSR count). The van der Waals surface area contributed by atoms with Crippen molar-refractivity contribution in [3.8, 4) is 5.75 Å². The molecule has 1 saturated heterocycles. The number of hydrogen-bond acceptors (Lipinski definition) is 5. The van der Waals surface area contributed by atoms with Crippen LogP contribution in [0.3, 0.4) is 0 Å². The first-order chi connectivity index (χ1) is 16.2. The second kappa shape index (κ2) is 10.4. The lowest BCUT2D eigenvalue weighted by atomic mass is 9.91. The second-order valence-corrected chi connectivity index (χ2v) is 17.0. The molecule has 0 bridgehead atoms. The molecule has 35 heavy (non-hydrogen) atoms. The van der Waals surface area contributed by atoms with Gasteiger partial charge >= 0.3 is 6.09 Å². The largest absolute Gasteiger partial charge is 0.543 e. The quantitative estimate of drug-likeness (QED) is 0.378. The summed E-state index contributed by atoms with van der Waals surface area (Å²) in [4.78, 5) is 14.2. The van der Waals surface area contributed by atoms with Crippen LogP contribution >= 0.6 is 0 Å². The summed E-state index contributed by atoms with van der Waals surface area (Å²) >= 11 is 0. The van der Waals surface area contributed by atoms with E-state index in [1.165, 1.54) is 0 Å². The van der Waals surface area contributed by atoms with Crippen molar-refractivity contribution in [3.05, 3.63) is 29.5 Å². The Bertz CT molecular complexity index is 1050. The average Bonchev–Trinajstić information content (AvgIpc) is 3.15. The average molecular weight is 501 g/mol. The fourth-order valence-corrected chi connectivity index (χ4v) is 5.18. The van der Waals surface area contributed by atoms with E-state index in [0.29, 0.717) is 5.92 Å². The van der Waals surface area contributed by atoms with Gasteiger partial charge in [-0.2, -0.15) is 0 Å². The number of allylic oxidation sites excluding steroid dienone is 1. The van der Waals surface area contributed by atoms with Gasteiger partial charge in [0.1, 0.15) is 11.4 Å². The molecule has 1 aliphatic rings. The molecule has 0 atom stereocenters. The molecule has 1 aromatic carbocycles. The van der Waals surface area contributed by atoms with Gasteiger partial charge in [-0.3, -0.25) is 0 Å². The van der Waals surface area contributed by atoms with Crippen LogP contribution in [0.2, 0.25) is 18.1 Å².